The number of halogens is 1. The van der Waals surface area contributed by atoms with E-state index in [9.17, 15) is 18.4 Å². The summed E-state index contributed by atoms with van der Waals surface area (Å²) < 4.78 is 42.0. The fraction of sp³-hybridized carbons (Fsp3) is 0.632. The Hall–Kier alpha value is -1.63. The lowest BCUT2D eigenvalue weighted by molar-refractivity contribution is -0.152. The molecule has 0 spiro atoms. The van der Waals surface area contributed by atoms with Gasteiger partial charge in [0.05, 0.1) is 6.61 Å². The van der Waals surface area contributed by atoms with E-state index in [2.05, 4.69) is 4.90 Å². The number of benzene rings is 1. The van der Waals surface area contributed by atoms with Crippen molar-refractivity contribution in [3.05, 3.63) is 24.3 Å². The first-order chi connectivity index (χ1) is 14.8. The van der Waals surface area contributed by atoms with Gasteiger partial charge >= 0.3 is 0 Å². The molecule has 1 aromatic rings. The Kier molecular flexibility index (Phi) is 8.00. The third-order valence-electron chi connectivity index (χ3n) is 5.69. The number of anilines is 1. The Morgan fingerprint density at radius 2 is 1.77 bits per heavy atom. The maximum Gasteiger partial charge on any atom is 0.284 e. The van der Waals surface area contributed by atoms with Gasteiger partial charge < -0.3 is 19.1 Å². The number of rotatable bonds is 8. The molecule has 0 bridgehead atoms. The molecule has 2 aliphatic heterocycles. The van der Waals surface area contributed by atoms with Gasteiger partial charge in [0.2, 0.25) is 10.0 Å². The second kappa shape index (κ2) is 10.3. The summed E-state index contributed by atoms with van der Waals surface area (Å²) in [7, 11) is -2.44. The van der Waals surface area contributed by atoms with E-state index in [0.29, 0.717) is 26.3 Å². The van der Waals surface area contributed by atoms with E-state index in [-0.39, 0.29) is 43.7 Å². The minimum atomic E-state index is -4.06. The molecule has 2 aliphatic rings. The van der Waals surface area contributed by atoms with Crippen molar-refractivity contribution in [2.45, 2.75) is 17.6 Å². The van der Waals surface area contributed by atoms with Crippen LogP contribution in [0.5, 0.6) is 5.75 Å². The summed E-state index contributed by atoms with van der Waals surface area (Å²) in [5.41, 5.74) is 0.954. The highest BCUT2D eigenvalue weighted by molar-refractivity contribution is 7.91. The fourth-order valence-corrected chi connectivity index (χ4v) is 6.22. The first kappa shape index (κ1) is 24.0. The molecule has 2 heterocycles. The standard InChI is InChI=1S/C19H28ClN3O7S/c1-28-14-15-30-17-4-2-16(3-5-17)21-8-10-22(11-9-21)31(26,27)19(18(24)23(20)25)6-12-29-13-7-19/h2-5,25H,6-15H2,1H3. The molecule has 3 rings (SSSR count). The van der Waals surface area contributed by atoms with Crippen LogP contribution in [0.15, 0.2) is 24.3 Å². The van der Waals surface area contributed by atoms with Crippen molar-refractivity contribution in [1.29, 1.82) is 0 Å². The number of piperazine rings is 1. The number of sulfonamides is 1. The van der Waals surface area contributed by atoms with E-state index in [1.54, 1.807) is 7.11 Å². The summed E-state index contributed by atoms with van der Waals surface area (Å²) in [5, 5.41) is 9.48. The SMILES string of the molecule is COCCOc1ccc(N2CCN(S(=O)(=O)C3(C(=O)N(O)Cl)CCOCC3)CC2)cc1. The van der Waals surface area contributed by atoms with Gasteiger partial charge in [0.1, 0.15) is 12.4 Å². The Balaban J connectivity index is 1.67. The number of amides is 1. The van der Waals surface area contributed by atoms with Gasteiger partial charge in [0.15, 0.2) is 4.75 Å². The predicted molar refractivity (Wildman–Crippen MR) is 114 cm³/mol. The van der Waals surface area contributed by atoms with Crippen LogP contribution in [0.3, 0.4) is 0 Å². The largest absolute Gasteiger partial charge is 0.491 e. The lowest BCUT2D eigenvalue weighted by Gasteiger charge is -2.42. The van der Waals surface area contributed by atoms with Crippen LogP contribution in [-0.2, 0) is 24.3 Å². The minimum Gasteiger partial charge on any atom is -0.491 e. The van der Waals surface area contributed by atoms with Crippen LogP contribution in [0.25, 0.3) is 0 Å². The van der Waals surface area contributed by atoms with Crippen LogP contribution in [0.2, 0.25) is 0 Å². The molecule has 1 N–H and O–H groups in total. The third kappa shape index (κ3) is 5.07. The highest BCUT2D eigenvalue weighted by Gasteiger charge is 2.56. The lowest BCUT2D eigenvalue weighted by Crippen LogP contribution is -2.61. The van der Waals surface area contributed by atoms with Crippen LogP contribution in [0.4, 0.5) is 5.69 Å². The summed E-state index contributed by atoms with van der Waals surface area (Å²) >= 11 is 5.44. The van der Waals surface area contributed by atoms with Crippen LogP contribution >= 0.6 is 11.8 Å². The first-order valence-electron chi connectivity index (χ1n) is 10.1. The molecule has 12 heteroatoms. The topological polar surface area (TPSA) is 109 Å². The molecule has 0 aromatic heterocycles. The van der Waals surface area contributed by atoms with Gasteiger partial charge in [-0.3, -0.25) is 10.0 Å². The summed E-state index contributed by atoms with van der Waals surface area (Å²) in [6, 6.07) is 7.57. The molecule has 174 valence electrons. The number of hydroxylamine groups is 1. The van der Waals surface area contributed by atoms with Crippen molar-refractivity contribution in [3.63, 3.8) is 0 Å². The molecule has 0 unspecified atom stereocenters. The molecular formula is C19H28ClN3O7S. The zero-order chi connectivity index (χ0) is 22.5. The van der Waals surface area contributed by atoms with E-state index < -0.39 is 20.7 Å². The maximum atomic E-state index is 13.4. The quantitative estimate of drug-likeness (QED) is 0.256. The van der Waals surface area contributed by atoms with Gasteiger partial charge in [-0.25, -0.2) is 8.42 Å². The van der Waals surface area contributed by atoms with Gasteiger partial charge in [-0.1, -0.05) is 0 Å². The van der Waals surface area contributed by atoms with Crippen LogP contribution < -0.4 is 9.64 Å². The van der Waals surface area contributed by atoms with Crippen molar-refractivity contribution >= 4 is 33.4 Å². The van der Waals surface area contributed by atoms with Crippen molar-refractivity contribution in [2.75, 3.05) is 64.6 Å². The second-order valence-corrected chi connectivity index (χ2v) is 9.97. The van der Waals surface area contributed by atoms with Gasteiger partial charge in [-0.15, -0.1) is 4.58 Å². The lowest BCUT2D eigenvalue weighted by atomic mass is 9.98. The van der Waals surface area contributed by atoms with E-state index in [1.165, 1.54) is 4.31 Å². The highest BCUT2D eigenvalue weighted by Crippen LogP contribution is 2.35. The van der Waals surface area contributed by atoms with E-state index in [0.717, 1.165) is 11.4 Å². The highest BCUT2D eigenvalue weighted by atomic mass is 35.5. The molecule has 1 amide bonds. The van der Waals surface area contributed by atoms with E-state index >= 15 is 0 Å². The van der Waals surface area contributed by atoms with Crippen LogP contribution in [-0.4, -0.2) is 92.9 Å². The third-order valence-corrected chi connectivity index (χ3v) is 8.46. The summed E-state index contributed by atoms with van der Waals surface area (Å²) in [4.78, 5) is 14.6. The van der Waals surface area contributed by atoms with Gasteiger partial charge in [0.25, 0.3) is 5.91 Å². The zero-order valence-electron chi connectivity index (χ0n) is 17.4. The maximum absolute atomic E-state index is 13.4. The van der Waals surface area contributed by atoms with Crippen LogP contribution in [0, 0.1) is 0 Å². The van der Waals surface area contributed by atoms with Crippen molar-refractivity contribution in [1.82, 2.24) is 8.89 Å². The Morgan fingerprint density at radius 1 is 1.16 bits per heavy atom. The molecule has 31 heavy (non-hydrogen) atoms. The molecule has 0 atom stereocenters. The van der Waals surface area contributed by atoms with Crippen molar-refractivity contribution < 1.29 is 32.6 Å². The van der Waals surface area contributed by atoms with Crippen LogP contribution in [0.1, 0.15) is 12.8 Å². The monoisotopic (exact) mass is 477 g/mol. The number of hydrogen-bond acceptors (Lipinski definition) is 8. The summed E-state index contributed by atoms with van der Waals surface area (Å²) in [6.45, 7) is 2.55. The average Bonchev–Trinajstić information content (AvgIpc) is 2.79. The van der Waals surface area contributed by atoms with Gasteiger partial charge in [-0.2, -0.15) is 4.31 Å². The number of nitrogens with zero attached hydrogens (tertiary/aromatic N) is 3. The van der Waals surface area contributed by atoms with Gasteiger partial charge in [-0.05, 0) is 24.3 Å². The van der Waals surface area contributed by atoms with E-state index in [4.69, 9.17) is 26.0 Å². The second-order valence-electron chi connectivity index (χ2n) is 7.40. The smallest absolute Gasteiger partial charge is 0.284 e. The number of carbonyl (C=O) groups excluding carboxylic acids is 1. The minimum absolute atomic E-state index is 0.0529. The first-order valence-corrected chi connectivity index (χ1v) is 11.8. The Morgan fingerprint density at radius 3 is 2.32 bits per heavy atom. The molecule has 0 radical (unpaired) electrons. The number of carbonyl (C=O) groups is 1. The fourth-order valence-electron chi connectivity index (χ4n) is 3.88. The summed E-state index contributed by atoms with van der Waals surface area (Å²) in [6.07, 6.45) is -0.106. The molecule has 0 saturated carbocycles. The summed E-state index contributed by atoms with van der Waals surface area (Å²) in [5.74, 6) is -0.305. The predicted octanol–water partition coefficient (Wildman–Crippen LogP) is 1.08. The molecular weight excluding hydrogens is 450 g/mol. The van der Waals surface area contributed by atoms with Crippen molar-refractivity contribution in [2.24, 2.45) is 0 Å². The molecule has 2 saturated heterocycles. The number of ether oxygens (including phenoxy) is 3. The van der Waals surface area contributed by atoms with Crippen molar-refractivity contribution in [3.8, 4) is 5.75 Å². The average molecular weight is 478 g/mol. The number of hydrogen-bond donors (Lipinski definition) is 1. The number of methoxy groups -OCH3 is 1. The Labute approximate surface area is 187 Å². The normalized spacial score (nSPS) is 19.8. The zero-order valence-corrected chi connectivity index (χ0v) is 19.0. The molecule has 10 nitrogen and oxygen atoms in total. The molecule has 1 aromatic carbocycles. The molecule has 0 aliphatic carbocycles. The van der Waals surface area contributed by atoms with Gasteiger partial charge in [0, 0.05) is 76.8 Å². The van der Waals surface area contributed by atoms with E-state index in [1.807, 2.05) is 24.3 Å². The Bertz CT molecular complexity index is 837. The molecule has 2 fully saturated rings.